The standard InChI is InChI=1S/C29H27F4NO7/c1-4-40-25(36)14-24-28(37)34(15-16-8-10-18(38-2)13-22(16)35)21-11-9-17(29(31,32)33)12-20(21)27(41-24)19-6-5-7-23(39-3)26(19)30/h5-13,24,27,35H,4,14-15H2,1-3H3/t24-,27-/m1/s1. The Morgan fingerprint density at radius 2 is 1.80 bits per heavy atom. The molecule has 218 valence electrons. The van der Waals surface area contributed by atoms with Crippen molar-refractivity contribution in [2.24, 2.45) is 0 Å². The van der Waals surface area contributed by atoms with Crippen molar-refractivity contribution < 1.29 is 51.2 Å². The molecule has 0 saturated heterocycles. The second-order valence-corrected chi connectivity index (χ2v) is 9.07. The van der Waals surface area contributed by atoms with E-state index < -0.39 is 48.1 Å². The number of aromatic hydroxyl groups is 1. The molecule has 1 amide bonds. The summed E-state index contributed by atoms with van der Waals surface area (Å²) in [5.41, 5.74) is -1.25. The van der Waals surface area contributed by atoms with E-state index in [1.54, 1.807) is 6.92 Å². The van der Waals surface area contributed by atoms with Crippen molar-refractivity contribution in [1.82, 2.24) is 0 Å². The lowest BCUT2D eigenvalue weighted by Gasteiger charge is -2.26. The number of esters is 1. The SMILES string of the molecule is CCOC(=O)C[C@H]1O[C@H](c2cccc(OC)c2F)c2cc(C(F)(F)F)ccc2N(Cc2ccc(OC)cc2O)C1=O. The van der Waals surface area contributed by atoms with Crippen LogP contribution < -0.4 is 14.4 Å². The molecule has 1 aliphatic rings. The quantitative estimate of drug-likeness (QED) is 0.278. The van der Waals surface area contributed by atoms with Crippen molar-refractivity contribution in [1.29, 1.82) is 0 Å². The number of nitrogens with zero attached hydrogens (tertiary/aromatic N) is 1. The van der Waals surface area contributed by atoms with Crippen LogP contribution in [-0.4, -0.2) is 43.9 Å². The number of anilines is 1. The third-order valence-corrected chi connectivity index (χ3v) is 6.54. The lowest BCUT2D eigenvalue weighted by atomic mass is 9.96. The molecule has 4 rings (SSSR count). The molecule has 0 saturated carbocycles. The molecular formula is C29H27F4NO7. The van der Waals surface area contributed by atoms with Crippen LogP contribution in [0.1, 0.15) is 41.7 Å². The van der Waals surface area contributed by atoms with Crippen molar-refractivity contribution in [3.05, 3.63) is 82.7 Å². The van der Waals surface area contributed by atoms with E-state index >= 15 is 4.39 Å². The number of carbonyl (C=O) groups is 2. The normalized spacial score (nSPS) is 17.0. The van der Waals surface area contributed by atoms with Gasteiger partial charge in [-0.2, -0.15) is 13.2 Å². The van der Waals surface area contributed by atoms with E-state index in [2.05, 4.69) is 0 Å². The first-order chi connectivity index (χ1) is 19.5. The number of fused-ring (bicyclic) bond motifs is 1. The fraction of sp³-hybridized carbons (Fsp3) is 0.310. The first-order valence-corrected chi connectivity index (χ1v) is 12.5. The van der Waals surface area contributed by atoms with Gasteiger partial charge in [0.2, 0.25) is 0 Å². The van der Waals surface area contributed by atoms with Crippen molar-refractivity contribution in [3.8, 4) is 17.2 Å². The maximum atomic E-state index is 15.5. The van der Waals surface area contributed by atoms with E-state index in [0.717, 1.165) is 23.1 Å². The van der Waals surface area contributed by atoms with Crippen LogP contribution in [0.3, 0.4) is 0 Å². The number of alkyl halides is 3. The van der Waals surface area contributed by atoms with E-state index in [0.29, 0.717) is 5.75 Å². The van der Waals surface area contributed by atoms with Crippen molar-refractivity contribution >= 4 is 17.6 Å². The average molecular weight is 578 g/mol. The summed E-state index contributed by atoms with van der Waals surface area (Å²) >= 11 is 0. The molecule has 0 radical (unpaired) electrons. The highest BCUT2D eigenvalue weighted by Crippen LogP contribution is 2.44. The van der Waals surface area contributed by atoms with E-state index in [1.165, 1.54) is 50.6 Å². The molecule has 41 heavy (non-hydrogen) atoms. The Morgan fingerprint density at radius 1 is 1.05 bits per heavy atom. The summed E-state index contributed by atoms with van der Waals surface area (Å²) < 4.78 is 78.2. The molecule has 3 aromatic carbocycles. The lowest BCUT2D eigenvalue weighted by Crippen LogP contribution is -2.40. The molecular weight excluding hydrogens is 550 g/mol. The van der Waals surface area contributed by atoms with Gasteiger partial charge in [0, 0.05) is 22.8 Å². The number of halogens is 4. The first kappa shape index (κ1) is 29.7. The smallest absolute Gasteiger partial charge is 0.416 e. The summed E-state index contributed by atoms with van der Waals surface area (Å²) in [7, 11) is 2.62. The summed E-state index contributed by atoms with van der Waals surface area (Å²) in [6.07, 6.45) is -8.50. The Hall–Kier alpha value is -4.32. The Bertz CT molecular complexity index is 1440. The van der Waals surface area contributed by atoms with Crippen molar-refractivity contribution in [3.63, 3.8) is 0 Å². The molecule has 12 heteroatoms. The van der Waals surface area contributed by atoms with E-state index in [-0.39, 0.29) is 47.0 Å². The highest BCUT2D eigenvalue weighted by atomic mass is 19.4. The minimum absolute atomic E-state index is 0.00624. The number of hydrogen-bond donors (Lipinski definition) is 1. The van der Waals surface area contributed by atoms with Gasteiger partial charge in [-0.1, -0.05) is 12.1 Å². The van der Waals surface area contributed by atoms with Crippen LogP contribution >= 0.6 is 0 Å². The molecule has 0 unspecified atom stereocenters. The van der Waals surface area contributed by atoms with Gasteiger partial charge in [-0.3, -0.25) is 9.59 Å². The van der Waals surface area contributed by atoms with Gasteiger partial charge in [-0.25, -0.2) is 4.39 Å². The zero-order valence-electron chi connectivity index (χ0n) is 22.3. The maximum absolute atomic E-state index is 15.5. The monoisotopic (exact) mass is 577 g/mol. The maximum Gasteiger partial charge on any atom is 0.416 e. The Kier molecular flexibility index (Phi) is 8.72. The molecule has 0 aromatic heterocycles. The highest BCUT2D eigenvalue weighted by molar-refractivity contribution is 6.00. The van der Waals surface area contributed by atoms with Crippen LogP contribution in [0.5, 0.6) is 17.2 Å². The molecule has 0 aliphatic carbocycles. The lowest BCUT2D eigenvalue weighted by molar-refractivity contribution is -0.151. The Balaban J connectivity index is 1.94. The van der Waals surface area contributed by atoms with Gasteiger partial charge in [0.1, 0.15) is 23.7 Å². The first-order valence-electron chi connectivity index (χ1n) is 12.5. The van der Waals surface area contributed by atoms with Crippen LogP contribution in [0.25, 0.3) is 0 Å². The number of hydrogen-bond acceptors (Lipinski definition) is 7. The van der Waals surface area contributed by atoms with Gasteiger partial charge >= 0.3 is 12.1 Å². The topological polar surface area (TPSA) is 94.5 Å². The van der Waals surface area contributed by atoms with Crippen LogP contribution in [0.15, 0.2) is 54.6 Å². The zero-order chi connectivity index (χ0) is 29.9. The number of rotatable bonds is 8. The van der Waals surface area contributed by atoms with Crippen LogP contribution in [-0.2, 0) is 31.8 Å². The number of amides is 1. The summed E-state index contributed by atoms with van der Waals surface area (Å²) in [4.78, 5) is 27.5. The highest BCUT2D eigenvalue weighted by Gasteiger charge is 2.41. The molecule has 1 N–H and O–H groups in total. The molecule has 2 atom stereocenters. The average Bonchev–Trinajstić information content (AvgIpc) is 3.04. The molecule has 1 aliphatic heterocycles. The third kappa shape index (κ3) is 6.22. The van der Waals surface area contributed by atoms with Crippen LogP contribution in [0, 0.1) is 5.82 Å². The molecule has 8 nitrogen and oxygen atoms in total. The van der Waals surface area contributed by atoms with E-state index in [9.17, 15) is 27.9 Å². The molecule has 0 fully saturated rings. The van der Waals surface area contributed by atoms with Gasteiger partial charge in [0.15, 0.2) is 11.6 Å². The van der Waals surface area contributed by atoms with Gasteiger partial charge in [-0.15, -0.1) is 0 Å². The van der Waals surface area contributed by atoms with Crippen molar-refractivity contribution in [2.45, 2.75) is 38.3 Å². The summed E-state index contributed by atoms with van der Waals surface area (Å²) in [6.45, 7) is 1.25. The third-order valence-electron chi connectivity index (χ3n) is 6.54. The molecule has 0 bridgehead atoms. The van der Waals surface area contributed by atoms with Crippen LogP contribution in [0.4, 0.5) is 23.2 Å². The van der Waals surface area contributed by atoms with Gasteiger partial charge in [0.05, 0.1) is 45.0 Å². The van der Waals surface area contributed by atoms with Crippen LogP contribution in [0.2, 0.25) is 0 Å². The molecule has 1 heterocycles. The summed E-state index contributed by atoms with van der Waals surface area (Å²) in [5.74, 6) is -2.62. The second kappa shape index (κ2) is 12.0. The second-order valence-electron chi connectivity index (χ2n) is 9.07. The number of phenolic OH excluding ortho intramolecular Hbond substituents is 1. The van der Waals surface area contributed by atoms with E-state index in [1.807, 2.05) is 0 Å². The van der Waals surface area contributed by atoms with E-state index in [4.69, 9.17) is 18.9 Å². The predicted molar refractivity (Wildman–Crippen MR) is 138 cm³/mol. The fourth-order valence-corrected chi connectivity index (χ4v) is 4.55. The fourth-order valence-electron chi connectivity index (χ4n) is 4.55. The van der Waals surface area contributed by atoms with Gasteiger partial charge in [0.25, 0.3) is 5.91 Å². The molecule has 3 aromatic rings. The van der Waals surface area contributed by atoms with Gasteiger partial charge in [-0.05, 0) is 43.3 Å². The minimum Gasteiger partial charge on any atom is -0.507 e. The number of carbonyl (C=O) groups excluding carboxylic acids is 2. The zero-order valence-corrected chi connectivity index (χ0v) is 22.3. The summed E-state index contributed by atoms with van der Waals surface area (Å²) in [6, 6.07) is 11.0. The molecule has 0 spiro atoms. The summed E-state index contributed by atoms with van der Waals surface area (Å²) in [5, 5.41) is 10.6. The predicted octanol–water partition coefficient (Wildman–Crippen LogP) is 5.54. The Morgan fingerprint density at radius 3 is 2.44 bits per heavy atom. The van der Waals surface area contributed by atoms with Gasteiger partial charge < -0.3 is 29.0 Å². The minimum atomic E-state index is -4.77. The number of ether oxygens (including phenoxy) is 4. The van der Waals surface area contributed by atoms with Crippen molar-refractivity contribution in [2.75, 3.05) is 25.7 Å². The number of methoxy groups -OCH3 is 2. The number of benzene rings is 3. The largest absolute Gasteiger partial charge is 0.507 e. The Labute approximate surface area is 233 Å². The number of phenols is 1.